The summed E-state index contributed by atoms with van der Waals surface area (Å²) < 4.78 is 20.0. The van der Waals surface area contributed by atoms with Gasteiger partial charge in [-0.05, 0) is 36.5 Å². The molecule has 0 spiro atoms. The first kappa shape index (κ1) is 21.1. The van der Waals surface area contributed by atoms with Crippen molar-refractivity contribution in [2.24, 2.45) is 10.9 Å². The molecule has 146 valence electrons. The fraction of sp³-hybridized carbons (Fsp3) is 0.632. The van der Waals surface area contributed by atoms with Crippen LogP contribution >= 0.6 is 15.9 Å². The highest BCUT2D eigenvalue weighted by Gasteiger charge is 2.13. The van der Waals surface area contributed by atoms with Gasteiger partial charge in [0.15, 0.2) is 5.96 Å². The lowest BCUT2D eigenvalue weighted by Gasteiger charge is -2.29. The van der Waals surface area contributed by atoms with Gasteiger partial charge in [0.25, 0.3) is 0 Å². The Kier molecular flexibility index (Phi) is 9.36. The normalized spacial score (nSPS) is 17.2. The van der Waals surface area contributed by atoms with Gasteiger partial charge in [0.1, 0.15) is 5.82 Å². The van der Waals surface area contributed by atoms with E-state index in [9.17, 15) is 4.39 Å². The minimum absolute atomic E-state index is 0.154. The summed E-state index contributed by atoms with van der Waals surface area (Å²) in [5, 5.41) is 6.68. The maximum Gasteiger partial charge on any atom is 0.190 e. The number of hydrogen-bond acceptors (Lipinski definition) is 3. The molecular weight excluding hydrogens is 399 g/mol. The number of morpholine rings is 1. The number of guanidine groups is 1. The Morgan fingerprint density at radius 1 is 1.35 bits per heavy atom. The van der Waals surface area contributed by atoms with Crippen molar-refractivity contribution < 1.29 is 9.13 Å². The number of rotatable bonds is 8. The van der Waals surface area contributed by atoms with Crippen LogP contribution in [0.4, 0.5) is 4.39 Å². The highest BCUT2D eigenvalue weighted by molar-refractivity contribution is 9.10. The minimum atomic E-state index is -0.154. The lowest BCUT2D eigenvalue weighted by molar-refractivity contribution is 0.0320. The molecule has 1 aromatic carbocycles. The van der Waals surface area contributed by atoms with E-state index in [1.54, 1.807) is 7.05 Å². The van der Waals surface area contributed by atoms with Gasteiger partial charge in [0, 0.05) is 44.2 Å². The van der Waals surface area contributed by atoms with Gasteiger partial charge in [0.2, 0.25) is 0 Å². The van der Waals surface area contributed by atoms with Crippen molar-refractivity contribution in [1.29, 1.82) is 0 Å². The molecule has 0 bridgehead atoms. The molecule has 2 rings (SSSR count). The van der Waals surface area contributed by atoms with E-state index < -0.39 is 0 Å². The van der Waals surface area contributed by atoms with Gasteiger partial charge in [0.05, 0.1) is 13.2 Å². The molecule has 5 nitrogen and oxygen atoms in total. The molecule has 2 N–H and O–H groups in total. The van der Waals surface area contributed by atoms with E-state index in [2.05, 4.69) is 43.4 Å². The molecule has 7 heteroatoms. The van der Waals surface area contributed by atoms with Crippen LogP contribution in [-0.2, 0) is 11.2 Å². The number of nitrogens with zero attached hydrogens (tertiary/aromatic N) is 2. The summed E-state index contributed by atoms with van der Waals surface area (Å²) in [6.45, 7) is 8.65. The molecule has 0 aromatic heterocycles. The Labute approximate surface area is 164 Å². The molecule has 1 aliphatic heterocycles. The molecule has 1 aromatic rings. The Bertz CT molecular complexity index is 579. The van der Waals surface area contributed by atoms with E-state index in [0.717, 1.165) is 68.4 Å². The van der Waals surface area contributed by atoms with Crippen LogP contribution in [-0.4, -0.2) is 63.8 Å². The third kappa shape index (κ3) is 7.60. The van der Waals surface area contributed by atoms with Crippen LogP contribution in [0.25, 0.3) is 0 Å². The van der Waals surface area contributed by atoms with Crippen molar-refractivity contribution in [3.63, 3.8) is 0 Å². The van der Waals surface area contributed by atoms with E-state index in [-0.39, 0.29) is 5.82 Å². The van der Waals surface area contributed by atoms with Crippen LogP contribution in [0.5, 0.6) is 0 Å². The van der Waals surface area contributed by atoms with Crippen molar-refractivity contribution in [3.05, 3.63) is 34.1 Å². The average Bonchev–Trinajstić information content (AvgIpc) is 2.63. The van der Waals surface area contributed by atoms with E-state index in [1.807, 2.05) is 12.1 Å². The lowest BCUT2D eigenvalue weighted by Crippen LogP contribution is -2.44. The van der Waals surface area contributed by atoms with Gasteiger partial charge < -0.3 is 15.4 Å². The average molecular weight is 429 g/mol. The second kappa shape index (κ2) is 11.5. The minimum Gasteiger partial charge on any atom is -0.379 e. The van der Waals surface area contributed by atoms with E-state index in [4.69, 9.17) is 4.74 Å². The molecule has 0 aliphatic carbocycles. The van der Waals surface area contributed by atoms with Gasteiger partial charge >= 0.3 is 0 Å². The van der Waals surface area contributed by atoms with Crippen molar-refractivity contribution in [3.8, 4) is 0 Å². The fourth-order valence-electron chi connectivity index (χ4n) is 2.99. The smallest absolute Gasteiger partial charge is 0.190 e. The summed E-state index contributed by atoms with van der Waals surface area (Å²) in [7, 11) is 1.77. The topological polar surface area (TPSA) is 48.9 Å². The molecule has 0 radical (unpaired) electrons. The number of aliphatic imine (C=N–C) groups is 1. The maximum absolute atomic E-state index is 13.8. The molecular formula is C19H30BrFN4O. The van der Waals surface area contributed by atoms with Crippen LogP contribution in [0.3, 0.4) is 0 Å². The first-order valence-electron chi connectivity index (χ1n) is 9.27. The number of nitrogens with one attached hydrogen (secondary N) is 2. The summed E-state index contributed by atoms with van der Waals surface area (Å²) in [6, 6.07) is 5.22. The van der Waals surface area contributed by atoms with E-state index in [0.29, 0.717) is 12.3 Å². The molecule has 1 atom stereocenters. The molecule has 1 fully saturated rings. The standard InChI is InChI=1S/C19H30BrFN4O/c1-15(14-25-8-10-26-11-9-25)13-24-19(22-2)23-7-3-4-16-5-6-17(20)12-18(16)21/h5-6,12,15H,3-4,7-11,13-14H2,1-2H3,(H2,22,23,24). The third-order valence-electron chi connectivity index (χ3n) is 4.45. The van der Waals surface area contributed by atoms with Crippen molar-refractivity contribution in [2.75, 3.05) is 53.0 Å². The second-order valence-electron chi connectivity index (χ2n) is 6.74. The van der Waals surface area contributed by atoms with Crippen LogP contribution < -0.4 is 10.6 Å². The predicted molar refractivity (Wildman–Crippen MR) is 108 cm³/mol. The van der Waals surface area contributed by atoms with Gasteiger partial charge in [-0.15, -0.1) is 0 Å². The molecule has 0 saturated carbocycles. The predicted octanol–water partition coefficient (Wildman–Crippen LogP) is 2.65. The quantitative estimate of drug-likeness (QED) is 0.379. The van der Waals surface area contributed by atoms with Gasteiger partial charge in [-0.25, -0.2) is 4.39 Å². The summed E-state index contributed by atoms with van der Waals surface area (Å²) in [6.07, 6.45) is 1.55. The molecule has 0 amide bonds. The fourth-order valence-corrected chi connectivity index (χ4v) is 3.32. The van der Waals surface area contributed by atoms with Crippen LogP contribution in [0, 0.1) is 11.7 Å². The number of benzene rings is 1. The molecule has 1 heterocycles. The number of ether oxygens (including phenoxy) is 1. The lowest BCUT2D eigenvalue weighted by atomic mass is 10.1. The Balaban J connectivity index is 1.62. The molecule has 26 heavy (non-hydrogen) atoms. The molecule has 1 saturated heterocycles. The second-order valence-corrected chi connectivity index (χ2v) is 7.65. The van der Waals surface area contributed by atoms with E-state index in [1.165, 1.54) is 6.07 Å². The van der Waals surface area contributed by atoms with Crippen molar-refractivity contribution in [1.82, 2.24) is 15.5 Å². The number of aryl methyl sites for hydroxylation is 1. The first-order chi connectivity index (χ1) is 12.6. The largest absolute Gasteiger partial charge is 0.379 e. The highest BCUT2D eigenvalue weighted by atomic mass is 79.9. The zero-order chi connectivity index (χ0) is 18.8. The van der Waals surface area contributed by atoms with Crippen molar-refractivity contribution in [2.45, 2.75) is 19.8 Å². The van der Waals surface area contributed by atoms with Crippen LogP contribution in [0.2, 0.25) is 0 Å². The Morgan fingerprint density at radius 3 is 2.81 bits per heavy atom. The zero-order valence-electron chi connectivity index (χ0n) is 15.7. The Morgan fingerprint density at radius 2 is 2.12 bits per heavy atom. The van der Waals surface area contributed by atoms with Crippen LogP contribution in [0.15, 0.2) is 27.7 Å². The van der Waals surface area contributed by atoms with Gasteiger partial charge in [-0.3, -0.25) is 9.89 Å². The van der Waals surface area contributed by atoms with Gasteiger partial charge in [-0.2, -0.15) is 0 Å². The summed E-state index contributed by atoms with van der Waals surface area (Å²) >= 11 is 3.28. The summed E-state index contributed by atoms with van der Waals surface area (Å²) in [5.74, 6) is 1.18. The number of halogens is 2. The molecule has 1 unspecified atom stereocenters. The molecule has 1 aliphatic rings. The Hall–Kier alpha value is -1.18. The summed E-state index contributed by atoms with van der Waals surface area (Å²) in [5.41, 5.74) is 0.747. The first-order valence-corrected chi connectivity index (χ1v) is 10.1. The van der Waals surface area contributed by atoms with E-state index >= 15 is 0 Å². The third-order valence-corrected chi connectivity index (χ3v) is 4.94. The monoisotopic (exact) mass is 428 g/mol. The summed E-state index contributed by atoms with van der Waals surface area (Å²) in [4.78, 5) is 6.70. The maximum atomic E-state index is 13.8. The zero-order valence-corrected chi connectivity index (χ0v) is 17.3. The highest BCUT2D eigenvalue weighted by Crippen LogP contribution is 2.16. The van der Waals surface area contributed by atoms with Crippen LogP contribution in [0.1, 0.15) is 18.9 Å². The SMILES string of the molecule is CN=C(NCCCc1ccc(Br)cc1F)NCC(C)CN1CCOCC1. The van der Waals surface area contributed by atoms with Crippen molar-refractivity contribution >= 4 is 21.9 Å². The van der Waals surface area contributed by atoms with Gasteiger partial charge in [-0.1, -0.05) is 28.9 Å². The number of hydrogen-bond donors (Lipinski definition) is 2.